The van der Waals surface area contributed by atoms with Crippen molar-refractivity contribution in [3.05, 3.63) is 58.3 Å². The third-order valence-corrected chi connectivity index (χ3v) is 3.74. The van der Waals surface area contributed by atoms with Crippen LogP contribution in [0, 0.1) is 6.92 Å². The fourth-order valence-electron chi connectivity index (χ4n) is 1.70. The molecule has 0 saturated heterocycles. The van der Waals surface area contributed by atoms with E-state index in [1.165, 1.54) is 0 Å². The van der Waals surface area contributed by atoms with Crippen molar-refractivity contribution in [1.82, 2.24) is 10.3 Å². The van der Waals surface area contributed by atoms with Crippen LogP contribution in [0.3, 0.4) is 0 Å². The van der Waals surface area contributed by atoms with Crippen molar-refractivity contribution >= 4 is 27.5 Å². The van der Waals surface area contributed by atoms with E-state index in [1.807, 2.05) is 37.3 Å². The first kappa shape index (κ1) is 14.5. The summed E-state index contributed by atoms with van der Waals surface area (Å²) in [5, 5.41) is 5.96. The Kier molecular flexibility index (Phi) is 5.12. The number of aromatic nitrogens is 1. The summed E-state index contributed by atoms with van der Waals surface area (Å²) in [4.78, 5) is 15.7. The predicted octanol–water partition coefficient (Wildman–Crippen LogP) is 2.88. The fraction of sp³-hybridized carbons (Fsp3) is 0.200. The van der Waals surface area contributed by atoms with Gasteiger partial charge in [0.05, 0.1) is 6.54 Å². The lowest BCUT2D eigenvalue weighted by Crippen LogP contribution is -2.29. The maximum absolute atomic E-state index is 11.7. The monoisotopic (exact) mass is 333 g/mol. The van der Waals surface area contributed by atoms with E-state index in [1.54, 1.807) is 12.4 Å². The highest BCUT2D eigenvalue weighted by Crippen LogP contribution is 2.19. The number of anilines is 1. The first-order valence-corrected chi connectivity index (χ1v) is 7.10. The van der Waals surface area contributed by atoms with Gasteiger partial charge in [-0.05, 0) is 48.4 Å². The van der Waals surface area contributed by atoms with Crippen LogP contribution >= 0.6 is 15.9 Å². The number of nitrogens with one attached hydrogen (secondary N) is 2. The Hall–Kier alpha value is -1.88. The molecule has 0 bridgehead atoms. The molecule has 2 aromatic rings. The Morgan fingerprint density at radius 3 is 2.70 bits per heavy atom. The second kappa shape index (κ2) is 7.05. The molecule has 0 aliphatic heterocycles. The molecule has 0 aliphatic rings. The van der Waals surface area contributed by atoms with E-state index in [9.17, 15) is 4.79 Å². The molecule has 5 heteroatoms. The van der Waals surface area contributed by atoms with Crippen molar-refractivity contribution < 1.29 is 4.79 Å². The van der Waals surface area contributed by atoms with Gasteiger partial charge in [-0.15, -0.1) is 0 Å². The zero-order valence-corrected chi connectivity index (χ0v) is 12.8. The van der Waals surface area contributed by atoms with Gasteiger partial charge in [-0.2, -0.15) is 0 Å². The summed E-state index contributed by atoms with van der Waals surface area (Å²) in [6, 6.07) is 9.66. The van der Waals surface area contributed by atoms with Gasteiger partial charge in [0.15, 0.2) is 0 Å². The van der Waals surface area contributed by atoms with Gasteiger partial charge in [-0.25, -0.2) is 0 Å². The van der Waals surface area contributed by atoms with Crippen LogP contribution in [-0.4, -0.2) is 17.4 Å². The Morgan fingerprint density at radius 2 is 2.00 bits per heavy atom. The van der Waals surface area contributed by atoms with Crippen molar-refractivity contribution in [2.75, 3.05) is 11.9 Å². The van der Waals surface area contributed by atoms with E-state index in [2.05, 4.69) is 31.5 Å². The fourth-order valence-corrected chi connectivity index (χ4v) is 1.95. The van der Waals surface area contributed by atoms with E-state index in [0.717, 1.165) is 21.3 Å². The maximum Gasteiger partial charge on any atom is 0.239 e. The smallest absolute Gasteiger partial charge is 0.239 e. The summed E-state index contributed by atoms with van der Waals surface area (Å²) in [6.07, 6.45) is 3.43. The quantitative estimate of drug-likeness (QED) is 0.884. The first-order valence-electron chi connectivity index (χ1n) is 6.31. The number of benzene rings is 1. The van der Waals surface area contributed by atoms with Crippen LogP contribution in [0.5, 0.6) is 0 Å². The molecule has 1 amide bonds. The Balaban J connectivity index is 1.79. The number of aryl methyl sites for hydroxylation is 1. The number of hydrogen-bond donors (Lipinski definition) is 2. The van der Waals surface area contributed by atoms with Crippen molar-refractivity contribution in [2.45, 2.75) is 13.5 Å². The van der Waals surface area contributed by atoms with Crippen LogP contribution in [0.2, 0.25) is 0 Å². The molecule has 0 fully saturated rings. The second-order valence-electron chi connectivity index (χ2n) is 4.45. The predicted molar refractivity (Wildman–Crippen MR) is 83.5 cm³/mol. The van der Waals surface area contributed by atoms with Crippen LogP contribution in [0.1, 0.15) is 11.1 Å². The number of rotatable bonds is 5. The van der Waals surface area contributed by atoms with Crippen LogP contribution in [-0.2, 0) is 11.3 Å². The molecular formula is C15H16BrN3O. The maximum atomic E-state index is 11.7. The van der Waals surface area contributed by atoms with Gasteiger partial charge in [-0.1, -0.05) is 15.9 Å². The number of carbonyl (C=O) groups is 1. The minimum absolute atomic E-state index is 0.0395. The van der Waals surface area contributed by atoms with Gasteiger partial charge >= 0.3 is 0 Å². The zero-order chi connectivity index (χ0) is 14.4. The zero-order valence-electron chi connectivity index (χ0n) is 11.2. The van der Waals surface area contributed by atoms with E-state index >= 15 is 0 Å². The molecule has 0 unspecified atom stereocenters. The largest absolute Gasteiger partial charge is 0.376 e. The van der Waals surface area contributed by atoms with E-state index < -0.39 is 0 Å². The summed E-state index contributed by atoms with van der Waals surface area (Å²) in [6.45, 7) is 2.79. The van der Waals surface area contributed by atoms with Gasteiger partial charge in [0.25, 0.3) is 0 Å². The van der Waals surface area contributed by atoms with Crippen LogP contribution in [0.4, 0.5) is 5.69 Å². The van der Waals surface area contributed by atoms with Crippen LogP contribution in [0.25, 0.3) is 0 Å². The topological polar surface area (TPSA) is 54.0 Å². The molecule has 20 heavy (non-hydrogen) atoms. The highest BCUT2D eigenvalue weighted by atomic mass is 79.9. The van der Waals surface area contributed by atoms with Crippen molar-refractivity contribution in [2.24, 2.45) is 0 Å². The van der Waals surface area contributed by atoms with Gasteiger partial charge in [0, 0.05) is 29.1 Å². The average Bonchev–Trinajstić information content (AvgIpc) is 2.47. The average molecular weight is 334 g/mol. The summed E-state index contributed by atoms with van der Waals surface area (Å²) < 4.78 is 1.06. The van der Waals surface area contributed by atoms with Crippen LogP contribution in [0.15, 0.2) is 47.2 Å². The highest BCUT2D eigenvalue weighted by molar-refractivity contribution is 9.10. The molecule has 0 atom stereocenters. The first-order chi connectivity index (χ1) is 9.65. The lowest BCUT2D eigenvalue weighted by molar-refractivity contribution is -0.119. The van der Waals surface area contributed by atoms with Crippen molar-refractivity contribution in [3.63, 3.8) is 0 Å². The molecule has 1 aromatic heterocycles. The SMILES string of the molecule is Cc1cc(NCC(=O)NCc2ccncc2)ccc1Br. The van der Waals surface area contributed by atoms with Gasteiger partial charge in [0.1, 0.15) is 0 Å². The number of nitrogens with zero attached hydrogens (tertiary/aromatic N) is 1. The second-order valence-corrected chi connectivity index (χ2v) is 5.30. The third-order valence-electron chi connectivity index (χ3n) is 2.85. The minimum atomic E-state index is -0.0395. The molecule has 0 saturated carbocycles. The number of carbonyl (C=O) groups excluding carboxylic acids is 1. The van der Waals surface area contributed by atoms with E-state index in [4.69, 9.17) is 0 Å². The molecule has 0 aliphatic carbocycles. The van der Waals surface area contributed by atoms with Crippen molar-refractivity contribution in [1.29, 1.82) is 0 Å². The molecule has 0 radical (unpaired) electrons. The van der Waals surface area contributed by atoms with Gasteiger partial charge < -0.3 is 10.6 Å². The van der Waals surface area contributed by atoms with Gasteiger partial charge in [-0.3, -0.25) is 9.78 Å². The summed E-state index contributed by atoms with van der Waals surface area (Å²) in [5.41, 5.74) is 3.10. The summed E-state index contributed by atoms with van der Waals surface area (Å²) >= 11 is 3.45. The standard InChI is InChI=1S/C15H16BrN3O/c1-11-8-13(2-3-14(11)16)18-10-15(20)19-9-12-4-6-17-7-5-12/h2-8,18H,9-10H2,1H3,(H,19,20). The lowest BCUT2D eigenvalue weighted by Gasteiger charge is -2.09. The highest BCUT2D eigenvalue weighted by Gasteiger charge is 2.02. The molecule has 0 spiro atoms. The normalized spacial score (nSPS) is 10.1. The van der Waals surface area contributed by atoms with E-state index in [0.29, 0.717) is 6.54 Å². The molecule has 1 heterocycles. The Labute approximate surface area is 126 Å². The molecule has 4 nitrogen and oxygen atoms in total. The van der Waals surface area contributed by atoms with E-state index in [-0.39, 0.29) is 12.5 Å². The summed E-state index contributed by atoms with van der Waals surface area (Å²) in [7, 11) is 0. The number of halogens is 1. The lowest BCUT2D eigenvalue weighted by atomic mass is 10.2. The molecule has 2 rings (SSSR count). The molecule has 1 aromatic carbocycles. The van der Waals surface area contributed by atoms with Crippen molar-refractivity contribution in [3.8, 4) is 0 Å². The van der Waals surface area contributed by atoms with Gasteiger partial charge in [0.2, 0.25) is 5.91 Å². The number of hydrogen-bond acceptors (Lipinski definition) is 3. The Morgan fingerprint density at radius 1 is 1.25 bits per heavy atom. The minimum Gasteiger partial charge on any atom is -0.376 e. The molecule has 2 N–H and O–H groups in total. The number of amides is 1. The summed E-state index contributed by atoms with van der Waals surface area (Å²) in [5.74, 6) is -0.0395. The van der Waals surface area contributed by atoms with Crippen LogP contribution < -0.4 is 10.6 Å². The molecule has 104 valence electrons. The molecular weight excluding hydrogens is 318 g/mol. The third kappa shape index (κ3) is 4.35. The Bertz CT molecular complexity index is 587. The number of pyridine rings is 1.